The van der Waals surface area contributed by atoms with E-state index in [0.717, 1.165) is 17.6 Å². The average molecular weight is 158 g/mol. The zero-order valence-electron chi connectivity index (χ0n) is 6.84. The molecule has 1 aliphatic rings. The van der Waals surface area contributed by atoms with Crippen molar-refractivity contribution in [2.45, 2.75) is 39.0 Å². The van der Waals surface area contributed by atoms with Gasteiger partial charge < -0.3 is 0 Å². The maximum atomic E-state index is 4.25. The van der Waals surface area contributed by atoms with Crippen LogP contribution in [0.1, 0.15) is 39.0 Å². The molecule has 0 amide bonds. The molecule has 0 bridgehead atoms. The molecule has 1 heteroatoms. The Labute approximate surface area is 69.8 Å². The van der Waals surface area contributed by atoms with Gasteiger partial charge in [-0.1, -0.05) is 26.2 Å². The third-order valence-corrected chi connectivity index (χ3v) is 3.02. The molecule has 0 aromatic rings. The van der Waals surface area contributed by atoms with Gasteiger partial charge in [-0.2, -0.15) is 12.6 Å². The predicted molar refractivity (Wildman–Crippen MR) is 49.6 cm³/mol. The third-order valence-electron chi connectivity index (χ3n) is 2.76. The van der Waals surface area contributed by atoms with Crippen LogP contribution in [-0.4, -0.2) is 5.75 Å². The lowest BCUT2D eigenvalue weighted by atomic mass is 10.0. The molecule has 1 aliphatic carbocycles. The molecular formula is C9H18S. The minimum Gasteiger partial charge on any atom is -0.179 e. The van der Waals surface area contributed by atoms with Crippen molar-refractivity contribution in [2.75, 3.05) is 5.75 Å². The maximum Gasteiger partial charge on any atom is -0.00953 e. The van der Waals surface area contributed by atoms with Crippen LogP contribution in [0, 0.1) is 11.8 Å². The van der Waals surface area contributed by atoms with Crippen LogP contribution >= 0.6 is 12.6 Å². The van der Waals surface area contributed by atoms with Crippen molar-refractivity contribution in [3.63, 3.8) is 0 Å². The third kappa shape index (κ3) is 2.19. The van der Waals surface area contributed by atoms with Gasteiger partial charge in [0.15, 0.2) is 0 Å². The largest absolute Gasteiger partial charge is 0.179 e. The van der Waals surface area contributed by atoms with Crippen molar-refractivity contribution in [1.29, 1.82) is 0 Å². The van der Waals surface area contributed by atoms with Crippen LogP contribution in [0.4, 0.5) is 0 Å². The van der Waals surface area contributed by atoms with E-state index in [2.05, 4.69) is 19.6 Å². The summed E-state index contributed by atoms with van der Waals surface area (Å²) in [6.07, 6.45) is 7.17. The summed E-state index contributed by atoms with van der Waals surface area (Å²) in [5.41, 5.74) is 0. The van der Waals surface area contributed by atoms with E-state index in [9.17, 15) is 0 Å². The van der Waals surface area contributed by atoms with E-state index < -0.39 is 0 Å². The van der Waals surface area contributed by atoms with Crippen molar-refractivity contribution in [3.8, 4) is 0 Å². The lowest BCUT2D eigenvalue weighted by molar-refractivity contribution is 0.474. The minimum absolute atomic E-state index is 1.02. The van der Waals surface area contributed by atoms with Crippen molar-refractivity contribution in [3.05, 3.63) is 0 Å². The molecule has 1 rings (SSSR count). The van der Waals surface area contributed by atoms with Gasteiger partial charge in [-0.25, -0.2) is 0 Å². The second kappa shape index (κ2) is 4.27. The van der Waals surface area contributed by atoms with E-state index in [1.54, 1.807) is 0 Å². The van der Waals surface area contributed by atoms with Crippen molar-refractivity contribution in [1.82, 2.24) is 0 Å². The molecule has 0 aliphatic heterocycles. The van der Waals surface area contributed by atoms with Crippen molar-refractivity contribution >= 4 is 12.6 Å². The molecule has 10 heavy (non-hydrogen) atoms. The van der Waals surface area contributed by atoms with Gasteiger partial charge in [-0.05, 0) is 30.4 Å². The Bertz CT molecular complexity index is 90.7. The Morgan fingerprint density at radius 3 is 2.50 bits per heavy atom. The average Bonchev–Trinajstić information content (AvgIpc) is 2.37. The molecule has 0 aromatic carbocycles. The summed E-state index contributed by atoms with van der Waals surface area (Å²) in [7, 11) is 0. The molecule has 0 aromatic heterocycles. The molecule has 2 unspecified atom stereocenters. The van der Waals surface area contributed by atoms with Gasteiger partial charge in [0, 0.05) is 0 Å². The van der Waals surface area contributed by atoms with E-state index in [-0.39, 0.29) is 0 Å². The lowest BCUT2D eigenvalue weighted by Gasteiger charge is -2.06. The Balaban J connectivity index is 2.15. The highest BCUT2D eigenvalue weighted by Crippen LogP contribution is 2.34. The number of hydrogen-bond acceptors (Lipinski definition) is 1. The van der Waals surface area contributed by atoms with Crippen LogP contribution in [-0.2, 0) is 0 Å². The Kier molecular flexibility index (Phi) is 3.61. The highest BCUT2D eigenvalue weighted by atomic mass is 32.1. The number of thiol groups is 1. The van der Waals surface area contributed by atoms with E-state index in [1.807, 2.05) is 0 Å². The predicted octanol–water partition coefficient (Wildman–Crippen LogP) is 3.13. The van der Waals surface area contributed by atoms with Crippen LogP contribution in [0.3, 0.4) is 0 Å². The van der Waals surface area contributed by atoms with Crippen molar-refractivity contribution in [2.24, 2.45) is 11.8 Å². The van der Waals surface area contributed by atoms with Crippen molar-refractivity contribution < 1.29 is 0 Å². The Hall–Kier alpha value is 0.350. The Morgan fingerprint density at radius 1 is 1.30 bits per heavy atom. The van der Waals surface area contributed by atoms with Crippen LogP contribution in [0.2, 0.25) is 0 Å². The van der Waals surface area contributed by atoms with Crippen LogP contribution < -0.4 is 0 Å². The first-order chi connectivity index (χ1) is 4.86. The summed E-state index contributed by atoms with van der Waals surface area (Å²) < 4.78 is 0. The first kappa shape index (κ1) is 8.45. The molecule has 1 fully saturated rings. The number of hydrogen-bond donors (Lipinski definition) is 1. The molecule has 60 valence electrons. The van der Waals surface area contributed by atoms with Gasteiger partial charge in [0.1, 0.15) is 0 Å². The van der Waals surface area contributed by atoms with Gasteiger partial charge >= 0.3 is 0 Å². The highest BCUT2D eigenvalue weighted by molar-refractivity contribution is 7.80. The quantitative estimate of drug-likeness (QED) is 0.599. The normalized spacial score (nSPS) is 33.0. The smallest absolute Gasteiger partial charge is 0.00953 e. The number of rotatable bonds is 3. The fraction of sp³-hybridized carbons (Fsp3) is 1.00. The monoisotopic (exact) mass is 158 g/mol. The van der Waals surface area contributed by atoms with E-state index in [0.29, 0.717) is 0 Å². The second-order valence-electron chi connectivity index (χ2n) is 3.47. The van der Waals surface area contributed by atoms with Gasteiger partial charge in [-0.15, -0.1) is 0 Å². The standard InChI is InChI=1S/C9H18S/c1-2-8-3-4-9(7-8)5-6-10/h8-10H,2-7H2,1H3. The SMILES string of the molecule is CCC1CCC(CCS)C1. The van der Waals surface area contributed by atoms with E-state index >= 15 is 0 Å². The molecule has 0 radical (unpaired) electrons. The van der Waals surface area contributed by atoms with E-state index in [1.165, 1.54) is 32.1 Å². The molecule has 0 spiro atoms. The van der Waals surface area contributed by atoms with E-state index in [4.69, 9.17) is 0 Å². The first-order valence-corrected chi connectivity index (χ1v) is 5.11. The summed E-state index contributed by atoms with van der Waals surface area (Å²) in [5.74, 6) is 3.15. The molecule has 0 N–H and O–H groups in total. The van der Waals surface area contributed by atoms with Crippen LogP contribution in [0.5, 0.6) is 0 Å². The molecule has 0 saturated heterocycles. The zero-order valence-corrected chi connectivity index (χ0v) is 7.74. The minimum atomic E-state index is 1.02. The molecular weight excluding hydrogens is 140 g/mol. The van der Waals surface area contributed by atoms with Gasteiger partial charge in [0.2, 0.25) is 0 Å². The molecule has 1 saturated carbocycles. The van der Waals surface area contributed by atoms with Gasteiger partial charge in [0.25, 0.3) is 0 Å². The van der Waals surface area contributed by atoms with Crippen LogP contribution in [0.15, 0.2) is 0 Å². The first-order valence-electron chi connectivity index (χ1n) is 4.47. The summed E-state index contributed by atoms with van der Waals surface area (Å²) in [6.45, 7) is 2.31. The molecule has 2 atom stereocenters. The fourth-order valence-electron chi connectivity index (χ4n) is 1.99. The van der Waals surface area contributed by atoms with Crippen LogP contribution in [0.25, 0.3) is 0 Å². The Morgan fingerprint density at radius 2 is 2.00 bits per heavy atom. The zero-order chi connectivity index (χ0) is 7.40. The topological polar surface area (TPSA) is 0 Å². The molecule has 0 nitrogen and oxygen atoms in total. The van der Waals surface area contributed by atoms with Gasteiger partial charge in [-0.3, -0.25) is 0 Å². The van der Waals surface area contributed by atoms with Gasteiger partial charge in [0.05, 0.1) is 0 Å². The summed E-state index contributed by atoms with van der Waals surface area (Å²) in [6, 6.07) is 0. The summed E-state index contributed by atoms with van der Waals surface area (Å²) >= 11 is 4.25. The fourth-order valence-corrected chi connectivity index (χ4v) is 2.36. The maximum absolute atomic E-state index is 4.25. The molecule has 0 heterocycles. The summed E-state index contributed by atoms with van der Waals surface area (Å²) in [5, 5.41) is 0. The summed E-state index contributed by atoms with van der Waals surface area (Å²) in [4.78, 5) is 0. The highest BCUT2D eigenvalue weighted by Gasteiger charge is 2.21. The lowest BCUT2D eigenvalue weighted by Crippen LogP contribution is -1.96. The second-order valence-corrected chi connectivity index (χ2v) is 3.91.